The standard InChI is InChI=1S/C48H30N4/c1-3-14-31(15-4-1)34-26-27-41-40(29-34)47(38-22-13-25-44-46(38)37-21-10-12-24-43(37)51(44)35-18-5-2-6-19-35)50-48(49-41)52-42-23-11-9-20-36(42)39-28-32-16-7-8-17-33(32)30-45(39)52/h1-30H. The molecule has 0 N–H and O–H groups in total. The second-order valence-electron chi connectivity index (χ2n) is 13.4. The van der Waals surface area contributed by atoms with Crippen LogP contribution in [0.3, 0.4) is 0 Å². The molecule has 0 saturated carbocycles. The first kappa shape index (κ1) is 28.8. The van der Waals surface area contributed by atoms with Crippen LogP contribution in [0.4, 0.5) is 0 Å². The monoisotopic (exact) mass is 662 g/mol. The molecular weight excluding hydrogens is 633 g/mol. The van der Waals surface area contributed by atoms with Gasteiger partial charge >= 0.3 is 0 Å². The molecule has 0 aliphatic heterocycles. The molecule has 4 heteroatoms. The summed E-state index contributed by atoms with van der Waals surface area (Å²) >= 11 is 0. The summed E-state index contributed by atoms with van der Waals surface area (Å²) in [6.45, 7) is 0. The Bertz CT molecular complexity index is 3170. The van der Waals surface area contributed by atoms with Crippen LogP contribution < -0.4 is 0 Å². The first-order valence-electron chi connectivity index (χ1n) is 17.7. The van der Waals surface area contributed by atoms with Crippen LogP contribution in [0, 0.1) is 0 Å². The van der Waals surface area contributed by atoms with Gasteiger partial charge in [0.2, 0.25) is 5.95 Å². The van der Waals surface area contributed by atoms with Gasteiger partial charge in [0.15, 0.2) is 0 Å². The van der Waals surface area contributed by atoms with E-state index in [2.05, 4.69) is 191 Å². The van der Waals surface area contributed by atoms with Crippen LogP contribution in [0.15, 0.2) is 182 Å². The molecule has 11 rings (SSSR count). The maximum atomic E-state index is 5.61. The van der Waals surface area contributed by atoms with Crippen molar-refractivity contribution < 1.29 is 0 Å². The predicted molar refractivity (Wildman–Crippen MR) is 217 cm³/mol. The Hall–Kier alpha value is -7.04. The summed E-state index contributed by atoms with van der Waals surface area (Å²) in [4.78, 5) is 11.0. The van der Waals surface area contributed by atoms with Crippen LogP contribution in [0.2, 0.25) is 0 Å². The maximum Gasteiger partial charge on any atom is 0.235 e. The van der Waals surface area contributed by atoms with Gasteiger partial charge in [0, 0.05) is 38.2 Å². The minimum absolute atomic E-state index is 0.653. The fourth-order valence-electron chi connectivity index (χ4n) is 8.17. The van der Waals surface area contributed by atoms with E-state index in [9.17, 15) is 0 Å². The van der Waals surface area contributed by atoms with Gasteiger partial charge in [-0.2, -0.15) is 0 Å². The van der Waals surface area contributed by atoms with E-state index in [0.717, 1.165) is 61.0 Å². The number of hydrogen-bond acceptors (Lipinski definition) is 2. The van der Waals surface area contributed by atoms with Crippen molar-refractivity contribution in [1.29, 1.82) is 0 Å². The first-order valence-corrected chi connectivity index (χ1v) is 17.7. The van der Waals surface area contributed by atoms with Gasteiger partial charge in [0.25, 0.3) is 0 Å². The zero-order valence-corrected chi connectivity index (χ0v) is 28.1. The highest BCUT2D eigenvalue weighted by Crippen LogP contribution is 2.42. The molecule has 0 spiro atoms. The molecule has 3 heterocycles. The van der Waals surface area contributed by atoms with Gasteiger partial charge in [-0.15, -0.1) is 0 Å². The third-order valence-corrected chi connectivity index (χ3v) is 10.5. The Morgan fingerprint density at radius 3 is 1.83 bits per heavy atom. The summed E-state index contributed by atoms with van der Waals surface area (Å²) in [6.07, 6.45) is 0. The fourth-order valence-corrected chi connectivity index (χ4v) is 8.17. The third kappa shape index (κ3) is 4.28. The minimum atomic E-state index is 0.653. The average Bonchev–Trinajstić information content (AvgIpc) is 3.72. The van der Waals surface area contributed by atoms with E-state index in [0.29, 0.717) is 5.95 Å². The van der Waals surface area contributed by atoms with Crippen LogP contribution in [0.25, 0.3) is 99.3 Å². The van der Waals surface area contributed by atoms with E-state index < -0.39 is 0 Å². The van der Waals surface area contributed by atoms with Crippen molar-refractivity contribution in [2.75, 3.05) is 0 Å². The van der Waals surface area contributed by atoms with E-state index in [1.54, 1.807) is 0 Å². The Labute approximate surface area is 299 Å². The van der Waals surface area contributed by atoms with Gasteiger partial charge < -0.3 is 4.57 Å². The minimum Gasteiger partial charge on any atom is -0.309 e. The summed E-state index contributed by atoms with van der Waals surface area (Å²) in [5.41, 5.74) is 10.8. The van der Waals surface area contributed by atoms with E-state index >= 15 is 0 Å². The van der Waals surface area contributed by atoms with Gasteiger partial charge in [-0.3, -0.25) is 4.57 Å². The van der Waals surface area contributed by atoms with Crippen molar-refractivity contribution in [2.45, 2.75) is 0 Å². The van der Waals surface area contributed by atoms with Crippen LogP contribution >= 0.6 is 0 Å². The molecule has 0 aliphatic carbocycles. The molecule has 0 amide bonds. The molecule has 11 aromatic rings. The number of fused-ring (bicyclic) bond motifs is 8. The number of rotatable bonds is 4. The lowest BCUT2D eigenvalue weighted by Crippen LogP contribution is -2.04. The van der Waals surface area contributed by atoms with Crippen molar-refractivity contribution in [3.05, 3.63) is 182 Å². The quantitative estimate of drug-likeness (QED) is 0.188. The second-order valence-corrected chi connectivity index (χ2v) is 13.4. The lowest BCUT2D eigenvalue weighted by atomic mass is 9.97. The molecule has 0 atom stereocenters. The van der Waals surface area contributed by atoms with Crippen LogP contribution in [0.1, 0.15) is 0 Å². The van der Waals surface area contributed by atoms with E-state index in [1.165, 1.54) is 32.3 Å². The summed E-state index contributed by atoms with van der Waals surface area (Å²) in [5.74, 6) is 0.653. The zero-order chi connectivity index (χ0) is 34.2. The number of benzene rings is 8. The van der Waals surface area contributed by atoms with E-state index in [-0.39, 0.29) is 0 Å². The van der Waals surface area contributed by atoms with Crippen molar-refractivity contribution in [2.24, 2.45) is 0 Å². The lowest BCUT2D eigenvalue weighted by Gasteiger charge is -2.14. The highest BCUT2D eigenvalue weighted by atomic mass is 15.2. The number of hydrogen-bond donors (Lipinski definition) is 0. The molecule has 0 bridgehead atoms. The summed E-state index contributed by atoms with van der Waals surface area (Å²) in [6, 6.07) is 64.8. The Balaban J connectivity index is 1.27. The highest BCUT2D eigenvalue weighted by molar-refractivity contribution is 6.18. The molecule has 52 heavy (non-hydrogen) atoms. The Kier molecular flexibility index (Phi) is 6.22. The van der Waals surface area contributed by atoms with Gasteiger partial charge in [-0.05, 0) is 76.5 Å². The molecule has 242 valence electrons. The molecule has 0 aliphatic rings. The number of nitrogens with zero attached hydrogens (tertiary/aromatic N) is 4. The maximum absolute atomic E-state index is 5.61. The summed E-state index contributed by atoms with van der Waals surface area (Å²) in [5, 5.41) is 8.14. The molecule has 3 aromatic heterocycles. The molecule has 0 unspecified atom stereocenters. The first-order chi connectivity index (χ1) is 25.8. The molecule has 0 fully saturated rings. The largest absolute Gasteiger partial charge is 0.309 e. The van der Waals surface area contributed by atoms with Crippen molar-refractivity contribution in [1.82, 2.24) is 19.1 Å². The van der Waals surface area contributed by atoms with Crippen molar-refractivity contribution in [3.63, 3.8) is 0 Å². The normalized spacial score (nSPS) is 11.8. The van der Waals surface area contributed by atoms with Crippen molar-refractivity contribution >= 4 is 65.3 Å². The highest BCUT2D eigenvalue weighted by Gasteiger charge is 2.22. The Morgan fingerprint density at radius 1 is 0.365 bits per heavy atom. The van der Waals surface area contributed by atoms with Gasteiger partial charge in [0.1, 0.15) is 0 Å². The molecule has 0 radical (unpaired) electrons. The molecule has 8 aromatic carbocycles. The summed E-state index contributed by atoms with van der Waals surface area (Å²) < 4.78 is 4.62. The van der Waals surface area contributed by atoms with Gasteiger partial charge in [0.05, 0.1) is 33.3 Å². The topological polar surface area (TPSA) is 35.6 Å². The summed E-state index contributed by atoms with van der Waals surface area (Å²) in [7, 11) is 0. The zero-order valence-electron chi connectivity index (χ0n) is 28.1. The molecule has 4 nitrogen and oxygen atoms in total. The van der Waals surface area contributed by atoms with Crippen LogP contribution in [-0.4, -0.2) is 19.1 Å². The van der Waals surface area contributed by atoms with E-state index in [4.69, 9.17) is 9.97 Å². The SMILES string of the molecule is c1ccc(-c2ccc3nc(-n4c5ccccc5c5cc6ccccc6cc54)nc(-c4cccc5c4c4ccccc4n5-c4ccccc4)c3c2)cc1. The van der Waals surface area contributed by atoms with Crippen LogP contribution in [-0.2, 0) is 0 Å². The fraction of sp³-hybridized carbons (Fsp3) is 0. The van der Waals surface area contributed by atoms with Gasteiger partial charge in [-0.1, -0.05) is 127 Å². The van der Waals surface area contributed by atoms with E-state index in [1.807, 2.05) is 0 Å². The van der Waals surface area contributed by atoms with Gasteiger partial charge in [-0.25, -0.2) is 9.97 Å². The van der Waals surface area contributed by atoms with Crippen molar-refractivity contribution in [3.8, 4) is 34.0 Å². The smallest absolute Gasteiger partial charge is 0.235 e. The molecule has 0 saturated heterocycles. The lowest BCUT2D eigenvalue weighted by molar-refractivity contribution is 1.01. The molecular formula is C48H30N4. The third-order valence-electron chi connectivity index (χ3n) is 10.5. The number of para-hydroxylation sites is 3. The second kappa shape index (κ2) is 11.2. The average molecular weight is 663 g/mol. The Morgan fingerprint density at radius 2 is 1.02 bits per heavy atom. The van der Waals surface area contributed by atoms with Crippen LogP contribution in [0.5, 0.6) is 0 Å². The number of aromatic nitrogens is 4. The predicted octanol–water partition coefficient (Wildman–Crippen LogP) is 12.3.